The second-order valence-electron chi connectivity index (χ2n) is 6.27. The second kappa shape index (κ2) is 6.48. The maximum absolute atomic E-state index is 13.3. The van der Waals surface area contributed by atoms with Crippen molar-refractivity contribution in [3.05, 3.63) is 71.3 Å². The third-order valence-electron chi connectivity index (χ3n) is 4.64. The Balaban J connectivity index is 1.83. The maximum Gasteiger partial charge on any atom is 0.248 e. The van der Waals surface area contributed by atoms with E-state index < -0.39 is 11.9 Å². The molecule has 1 aliphatic rings. The van der Waals surface area contributed by atoms with Crippen LogP contribution in [0.2, 0.25) is 0 Å². The molecule has 0 saturated heterocycles. The summed E-state index contributed by atoms with van der Waals surface area (Å²) in [5, 5.41) is 11.4. The number of amides is 1. The van der Waals surface area contributed by atoms with Crippen molar-refractivity contribution in [3.63, 3.8) is 0 Å². The minimum Gasteiger partial charge on any atom is -0.366 e. The van der Waals surface area contributed by atoms with Gasteiger partial charge in [-0.1, -0.05) is 12.1 Å². The van der Waals surface area contributed by atoms with Crippen LogP contribution in [0.25, 0.3) is 10.9 Å². The van der Waals surface area contributed by atoms with Crippen molar-refractivity contribution in [2.45, 2.75) is 13.0 Å². The number of benzene rings is 2. The molecule has 2 aromatic carbocycles. The summed E-state index contributed by atoms with van der Waals surface area (Å²) in [6.07, 6.45) is 1.72. The maximum atomic E-state index is 13.3. The zero-order chi connectivity index (χ0) is 19.1. The third-order valence-corrected chi connectivity index (χ3v) is 4.94. The summed E-state index contributed by atoms with van der Waals surface area (Å²) in [6.45, 7) is 1.79. The first-order valence-electron chi connectivity index (χ1n) is 8.25. The van der Waals surface area contributed by atoms with E-state index in [-0.39, 0.29) is 5.82 Å². The molecule has 136 valence electrons. The Morgan fingerprint density at radius 1 is 1.26 bits per heavy atom. The number of hydrogen-bond donors (Lipinski definition) is 3. The lowest BCUT2D eigenvalue weighted by Gasteiger charge is -2.37. The summed E-state index contributed by atoms with van der Waals surface area (Å²) in [5.74, 6) is -0.917. The number of H-pyrrole nitrogens is 1. The predicted octanol–water partition coefficient (Wildman–Crippen LogP) is 2.90. The zero-order valence-electron chi connectivity index (χ0n) is 14.4. The van der Waals surface area contributed by atoms with Crippen molar-refractivity contribution in [2.75, 3.05) is 4.90 Å². The van der Waals surface area contributed by atoms with E-state index in [1.54, 1.807) is 30.2 Å². The van der Waals surface area contributed by atoms with Crippen LogP contribution in [0.4, 0.5) is 10.1 Å². The molecule has 6 nitrogen and oxygen atoms in total. The third kappa shape index (κ3) is 2.93. The molecule has 0 radical (unpaired) electrons. The fourth-order valence-corrected chi connectivity index (χ4v) is 3.71. The molecule has 0 aliphatic carbocycles. The van der Waals surface area contributed by atoms with E-state index >= 15 is 0 Å². The molecule has 1 aliphatic heterocycles. The van der Waals surface area contributed by atoms with E-state index in [1.165, 1.54) is 12.1 Å². The molecule has 8 heteroatoms. The molecule has 1 atom stereocenters. The normalized spacial score (nSPS) is 17.3. The van der Waals surface area contributed by atoms with Crippen LogP contribution in [0.5, 0.6) is 0 Å². The quantitative estimate of drug-likeness (QED) is 0.608. The number of halogens is 1. The molecular weight excluding hydrogens is 365 g/mol. The lowest BCUT2D eigenvalue weighted by molar-refractivity contribution is -0.115. The van der Waals surface area contributed by atoms with Gasteiger partial charge in [-0.2, -0.15) is 5.10 Å². The Bertz CT molecular complexity index is 1090. The largest absolute Gasteiger partial charge is 0.366 e. The number of aromatic nitrogens is 2. The Labute approximate surface area is 159 Å². The Hall–Kier alpha value is -3.26. The van der Waals surface area contributed by atoms with Gasteiger partial charge in [0.1, 0.15) is 5.82 Å². The highest BCUT2D eigenvalue weighted by Gasteiger charge is 2.33. The molecule has 1 aromatic heterocycles. The fraction of sp³-hybridized carbons (Fsp3) is 0.105. The van der Waals surface area contributed by atoms with Gasteiger partial charge in [-0.05, 0) is 55.0 Å². The van der Waals surface area contributed by atoms with Gasteiger partial charge in [0.2, 0.25) is 5.91 Å². The minimum absolute atomic E-state index is 0.353. The number of thiocarbonyl (C=S) groups is 1. The van der Waals surface area contributed by atoms with Gasteiger partial charge in [0.15, 0.2) is 5.11 Å². The number of aromatic amines is 1. The van der Waals surface area contributed by atoms with Crippen LogP contribution in [0.15, 0.2) is 59.9 Å². The highest BCUT2D eigenvalue weighted by molar-refractivity contribution is 7.80. The van der Waals surface area contributed by atoms with Crippen LogP contribution >= 0.6 is 12.2 Å². The lowest BCUT2D eigenvalue weighted by Crippen LogP contribution is -2.48. The first-order chi connectivity index (χ1) is 13.0. The number of allylic oxidation sites excluding steroid dienone is 1. The van der Waals surface area contributed by atoms with Gasteiger partial charge in [0.05, 0.1) is 23.3 Å². The van der Waals surface area contributed by atoms with Crippen molar-refractivity contribution in [1.82, 2.24) is 15.5 Å². The van der Waals surface area contributed by atoms with Crippen molar-refractivity contribution < 1.29 is 9.18 Å². The molecule has 27 heavy (non-hydrogen) atoms. The van der Waals surface area contributed by atoms with Gasteiger partial charge in [0.25, 0.3) is 0 Å². The van der Waals surface area contributed by atoms with E-state index in [4.69, 9.17) is 18.0 Å². The molecule has 1 amide bonds. The first-order valence-corrected chi connectivity index (χ1v) is 8.66. The van der Waals surface area contributed by atoms with Crippen LogP contribution in [0.3, 0.4) is 0 Å². The van der Waals surface area contributed by atoms with Gasteiger partial charge >= 0.3 is 0 Å². The van der Waals surface area contributed by atoms with Crippen molar-refractivity contribution in [2.24, 2.45) is 5.73 Å². The molecule has 0 bridgehead atoms. The van der Waals surface area contributed by atoms with E-state index in [0.29, 0.717) is 21.9 Å². The highest BCUT2D eigenvalue weighted by atomic mass is 32.1. The molecule has 0 saturated carbocycles. The minimum atomic E-state index is -0.564. The topological polar surface area (TPSA) is 87.0 Å². The fourth-order valence-electron chi connectivity index (χ4n) is 3.35. The van der Waals surface area contributed by atoms with E-state index in [0.717, 1.165) is 16.6 Å². The standard InChI is InChI=1S/C19H16FN5OS/c1-10-16(18(21)26)17(11-2-4-13(20)5-3-11)23-19(27)25(10)14-6-7-15-12(8-14)9-22-24-15/h2-9,17H,1H3,(H2,21,26)(H,22,24)(H,23,27). The molecule has 4 N–H and O–H groups in total. The van der Waals surface area contributed by atoms with Crippen molar-refractivity contribution in [1.29, 1.82) is 0 Å². The van der Waals surface area contributed by atoms with Crippen molar-refractivity contribution in [3.8, 4) is 0 Å². The van der Waals surface area contributed by atoms with Crippen molar-refractivity contribution >= 4 is 39.8 Å². The number of primary amides is 1. The molecule has 2 heterocycles. The SMILES string of the molecule is CC1=C(C(N)=O)C(c2ccc(F)cc2)NC(=S)N1c1ccc2[nH]ncc2c1. The summed E-state index contributed by atoms with van der Waals surface area (Å²) >= 11 is 5.56. The first kappa shape index (κ1) is 17.2. The van der Waals surface area contributed by atoms with Gasteiger partial charge in [-0.25, -0.2) is 4.39 Å². The Kier molecular flexibility index (Phi) is 4.12. The molecular formula is C19H16FN5OS. The predicted molar refractivity (Wildman–Crippen MR) is 105 cm³/mol. The number of hydrogen-bond acceptors (Lipinski definition) is 3. The van der Waals surface area contributed by atoms with E-state index in [2.05, 4.69) is 15.5 Å². The van der Waals surface area contributed by atoms with E-state index in [1.807, 2.05) is 18.2 Å². The summed E-state index contributed by atoms with van der Waals surface area (Å²) in [6, 6.07) is 11.1. The van der Waals surface area contributed by atoms with Gasteiger partial charge in [-0.3, -0.25) is 14.8 Å². The second-order valence-corrected chi connectivity index (χ2v) is 6.66. The number of anilines is 1. The summed E-state index contributed by atoms with van der Waals surface area (Å²) in [7, 11) is 0. The zero-order valence-corrected chi connectivity index (χ0v) is 15.2. The van der Waals surface area contributed by atoms with Crippen LogP contribution in [0, 0.1) is 5.82 Å². The van der Waals surface area contributed by atoms with Gasteiger partial charge in [-0.15, -0.1) is 0 Å². The number of carbonyl (C=O) groups excluding carboxylic acids is 1. The van der Waals surface area contributed by atoms with Crippen LogP contribution < -0.4 is 16.0 Å². The highest BCUT2D eigenvalue weighted by Crippen LogP contribution is 2.34. The number of fused-ring (bicyclic) bond motifs is 1. The number of nitrogens with two attached hydrogens (primary N) is 1. The van der Waals surface area contributed by atoms with Gasteiger partial charge < -0.3 is 11.1 Å². The molecule has 3 aromatic rings. The average molecular weight is 381 g/mol. The molecule has 1 unspecified atom stereocenters. The van der Waals surface area contributed by atoms with Crippen LogP contribution in [-0.2, 0) is 4.79 Å². The summed E-state index contributed by atoms with van der Waals surface area (Å²) in [4.78, 5) is 14.0. The smallest absolute Gasteiger partial charge is 0.248 e. The average Bonchev–Trinajstić information content (AvgIpc) is 3.09. The number of nitrogens with one attached hydrogen (secondary N) is 2. The van der Waals surface area contributed by atoms with Gasteiger partial charge in [0, 0.05) is 16.8 Å². The Morgan fingerprint density at radius 2 is 2.00 bits per heavy atom. The molecule has 0 fully saturated rings. The van der Waals surface area contributed by atoms with Crippen LogP contribution in [-0.4, -0.2) is 21.2 Å². The summed E-state index contributed by atoms with van der Waals surface area (Å²) in [5.41, 5.74) is 9.08. The number of carbonyl (C=O) groups is 1. The Morgan fingerprint density at radius 3 is 2.70 bits per heavy atom. The van der Waals surface area contributed by atoms with E-state index in [9.17, 15) is 9.18 Å². The number of rotatable bonds is 3. The molecule has 4 rings (SSSR count). The molecule has 0 spiro atoms. The lowest BCUT2D eigenvalue weighted by atomic mass is 9.94. The van der Waals surface area contributed by atoms with Crippen LogP contribution in [0.1, 0.15) is 18.5 Å². The monoisotopic (exact) mass is 381 g/mol. The number of nitrogens with zero attached hydrogens (tertiary/aromatic N) is 2. The summed E-state index contributed by atoms with van der Waals surface area (Å²) < 4.78 is 13.3.